The predicted molar refractivity (Wildman–Crippen MR) is 75.2 cm³/mol. The highest BCUT2D eigenvalue weighted by Gasteiger charge is 2.26. The average Bonchev–Trinajstić information content (AvgIpc) is 3.08. The van der Waals surface area contributed by atoms with Crippen LogP contribution in [0.1, 0.15) is 71.1 Å². The SMILES string of the molecule is CCCNC(CC1CC1)C1=CCCCCCC1. The van der Waals surface area contributed by atoms with Crippen LogP contribution in [-0.2, 0) is 0 Å². The van der Waals surface area contributed by atoms with Gasteiger partial charge in [0.1, 0.15) is 0 Å². The van der Waals surface area contributed by atoms with E-state index >= 15 is 0 Å². The summed E-state index contributed by atoms with van der Waals surface area (Å²) in [7, 11) is 0. The van der Waals surface area contributed by atoms with Gasteiger partial charge in [-0.15, -0.1) is 0 Å². The van der Waals surface area contributed by atoms with Crippen molar-refractivity contribution in [1.29, 1.82) is 0 Å². The Morgan fingerprint density at radius 2 is 2.06 bits per heavy atom. The number of nitrogens with one attached hydrogen (secondary N) is 1. The van der Waals surface area contributed by atoms with E-state index in [-0.39, 0.29) is 0 Å². The Labute approximate surface area is 107 Å². The highest BCUT2D eigenvalue weighted by molar-refractivity contribution is 5.12. The minimum atomic E-state index is 0.709. The van der Waals surface area contributed by atoms with Gasteiger partial charge in [-0.1, -0.05) is 44.3 Å². The number of hydrogen-bond donors (Lipinski definition) is 1. The Hall–Kier alpha value is -0.300. The van der Waals surface area contributed by atoms with E-state index in [0.717, 1.165) is 5.92 Å². The summed E-state index contributed by atoms with van der Waals surface area (Å²) in [5, 5.41) is 3.79. The van der Waals surface area contributed by atoms with Crippen molar-refractivity contribution in [1.82, 2.24) is 5.32 Å². The van der Waals surface area contributed by atoms with Crippen LogP contribution < -0.4 is 5.32 Å². The molecule has 0 aromatic carbocycles. The summed E-state index contributed by atoms with van der Waals surface area (Å²) in [5.41, 5.74) is 1.74. The van der Waals surface area contributed by atoms with Crippen molar-refractivity contribution >= 4 is 0 Å². The molecule has 1 nitrogen and oxygen atoms in total. The lowest BCUT2D eigenvalue weighted by Crippen LogP contribution is -2.32. The van der Waals surface area contributed by atoms with Crippen molar-refractivity contribution in [3.63, 3.8) is 0 Å². The summed E-state index contributed by atoms with van der Waals surface area (Å²) in [6, 6.07) is 0.709. The van der Waals surface area contributed by atoms with Gasteiger partial charge in [-0.3, -0.25) is 0 Å². The van der Waals surface area contributed by atoms with Gasteiger partial charge in [-0.2, -0.15) is 0 Å². The molecule has 0 heterocycles. The molecule has 1 atom stereocenters. The maximum absolute atomic E-state index is 3.79. The van der Waals surface area contributed by atoms with Crippen LogP contribution in [0.4, 0.5) is 0 Å². The summed E-state index contributed by atoms with van der Waals surface area (Å²) in [5.74, 6) is 1.04. The Bertz CT molecular complexity index is 240. The molecule has 1 fully saturated rings. The van der Waals surface area contributed by atoms with Gasteiger partial charge in [-0.25, -0.2) is 0 Å². The van der Waals surface area contributed by atoms with E-state index in [4.69, 9.17) is 0 Å². The fourth-order valence-corrected chi connectivity index (χ4v) is 2.90. The van der Waals surface area contributed by atoms with Crippen molar-refractivity contribution in [2.75, 3.05) is 6.54 Å². The molecular formula is C16H29N. The molecule has 0 aliphatic heterocycles. The predicted octanol–water partition coefficient (Wildman–Crippen LogP) is 4.44. The molecule has 0 spiro atoms. The smallest absolute Gasteiger partial charge is 0.0282 e. The zero-order chi connectivity index (χ0) is 11.9. The molecule has 2 aliphatic carbocycles. The molecule has 0 aromatic rings. The number of hydrogen-bond acceptors (Lipinski definition) is 1. The molecule has 0 saturated heterocycles. The van der Waals surface area contributed by atoms with Crippen molar-refractivity contribution < 1.29 is 0 Å². The fraction of sp³-hybridized carbons (Fsp3) is 0.875. The van der Waals surface area contributed by atoms with E-state index in [9.17, 15) is 0 Å². The fourth-order valence-electron chi connectivity index (χ4n) is 2.90. The number of allylic oxidation sites excluding steroid dienone is 1. The quantitative estimate of drug-likeness (QED) is 0.671. The third kappa shape index (κ3) is 4.83. The Morgan fingerprint density at radius 3 is 2.82 bits per heavy atom. The van der Waals surface area contributed by atoms with E-state index < -0.39 is 0 Å². The van der Waals surface area contributed by atoms with Crippen molar-refractivity contribution in [2.45, 2.75) is 77.2 Å². The summed E-state index contributed by atoms with van der Waals surface area (Å²) in [6.07, 6.45) is 16.6. The van der Waals surface area contributed by atoms with E-state index in [2.05, 4.69) is 18.3 Å². The molecule has 1 unspecified atom stereocenters. The maximum atomic E-state index is 3.79. The average molecular weight is 235 g/mol. The van der Waals surface area contributed by atoms with E-state index in [1.165, 1.54) is 70.8 Å². The Morgan fingerprint density at radius 1 is 1.24 bits per heavy atom. The van der Waals surface area contributed by atoms with Gasteiger partial charge >= 0.3 is 0 Å². The van der Waals surface area contributed by atoms with Crippen LogP contribution in [0, 0.1) is 5.92 Å². The molecule has 2 aliphatic rings. The van der Waals surface area contributed by atoms with Gasteiger partial charge in [0.25, 0.3) is 0 Å². The Kier molecular flexibility index (Phi) is 5.57. The lowest BCUT2D eigenvalue weighted by molar-refractivity contribution is 0.480. The molecule has 0 bridgehead atoms. The third-order valence-corrected chi connectivity index (χ3v) is 4.18. The van der Waals surface area contributed by atoms with Gasteiger partial charge in [0.05, 0.1) is 0 Å². The van der Waals surface area contributed by atoms with Crippen LogP contribution in [0.25, 0.3) is 0 Å². The van der Waals surface area contributed by atoms with Crippen molar-refractivity contribution in [3.05, 3.63) is 11.6 Å². The lowest BCUT2D eigenvalue weighted by Gasteiger charge is -2.23. The second-order valence-corrected chi connectivity index (χ2v) is 5.92. The molecule has 0 aromatic heterocycles. The molecule has 98 valence electrons. The third-order valence-electron chi connectivity index (χ3n) is 4.18. The second kappa shape index (κ2) is 7.20. The summed E-state index contributed by atoms with van der Waals surface area (Å²) >= 11 is 0. The van der Waals surface area contributed by atoms with Gasteiger partial charge < -0.3 is 5.32 Å². The van der Waals surface area contributed by atoms with E-state index in [0.29, 0.717) is 6.04 Å². The Balaban J connectivity index is 1.90. The zero-order valence-corrected chi connectivity index (χ0v) is 11.5. The first-order valence-electron chi connectivity index (χ1n) is 7.82. The minimum Gasteiger partial charge on any atom is -0.310 e. The molecule has 0 radical (unpaired) electrons. The van der Waals surface area contributed by atoms with Crippen LogP contribution in [-0.4, -0.2) is 12.6 Å². The van der Waals surface area contributed by atoms with Crippen LogP contribution in [0.2, 0.25) is 0 Å². The van der Waals surface area contributed by atoms with Gasteiger partial charge in [-0.05, 0) is 51.0 Å². The van der Waals surface area contributed by atoms with Crippen molar-refractivity contribution in [2.24, 2.45) is 5.92 Å². The van der Waals surface area contributed by atoms with Crippen LogP contribution >= 0.6 is 0 Å². The minimum absolute atomic E-state index is 0.709. The standard InChI is InChI=1S/C16H29N/c1-2-12-17-16(13-14-10-11-14)15-8-6-4-3-5-7-9-15/h8,14,16-17H,2-7,9-13H2,1H3. The first kappa shape index (κ1) is 13.1. The molecule has 2 rings (SSSR count). The normalized spacial score (nSPS) is 23.7. The molecule has 17 heavy (non-hydrogen) atoms. The second-order valence-electron chi connectivity index (χ2n) is 5.92. The highest BCUT2D eigenvalue weighted by atomic mass is 14.9. The lowest BCUT2D eigenvalue weighted by atomic mass is 9.92. The first-order chi connectivity index (χ1) is 8.40. The highest BCUT2D eigenvalue weighted by Crippen LogP contribution is 2.36. The molecular weight excluding hydrogens is 206 g/mol. The van der Waals surface area contributed by atoms with E-state index in [1.54, 1.807) is 5.57 Å². The van der Waals surface area contributed by atoms with Gasteiger partial charge in [0, 0.05) is 6.04 Å². The van der Waals surface area contributed by atoms with E-state index in [1.807, 2.05) is 0 Å². The maximum Gasteiger partial charge on any atom is 0.0282 e. The summed E-state index contributed by atoms with van der Waals surface area (Å²) in [6.45, 7) is 3.46. The van der Waals surface area contributed by atoms with Crippen molar-refractivity contribution in [3.8, 4) is 0 Å². The number of rotatable bonds is 6. The molecule has 0 amide bonds. The summed E-state index contributed by atoms with van der Waals surface area (Å²) in [4.78, 5) is 0. The van der Waals surface area contributed by atoms with Crippen LogP contribution in [0.3, 0.4) is 0 Å². The van der Waals surface area contributed by atoms with Crippen LogP contribution in [0.5, 0.6) is 0 Å². The zero-order valence-electron chi connectivity index (χ0n) is 11.5. The monoisotopic (exact) mass is 235 g/mol. The topological polar surface area (TPSA) is 12.0 Å². The van der Waals surface area contributed by atoms with Gasteiger partial charge in [0.2, 0.25) is 0 Å². The molecule has 1 saturated carbocycles. The first-order valence-corrected chi connectivity index (χ1v) is 7.82. The largest absolute Gasteiger partial charge is 0.310 e. The van der Waals surface area contributed by atoms with Crippen LogP contribution in [0.15, 0.2) is 11.6 Å². The molecule has 1 N–H and O–H groups in total. The molecule has 1 heteroatoms. The van der Waals surface area contributed by atoms with Gasteiger partial charge in [0.15, 0.2) is 0 Å². The summed E-state index contributed by atoms with van der Waals surface area (Å²) < 4.78 is 0.